The van der Waals surface area contributed by atoms with Gasteiger partial charge in [0.2, 0.25) is 5.78 Å². The molecule has 2 amide bonds. The Bertz CT molecular complexity index is 904. The SMILES string of the molecule is NCc1cccc(C2CCN(C(=O)c3cccc(NC(=O)C(=O)CO)c3)CC2)c1. The highest BCUT2D eigenvalue weighted by atomic mass is 16.3. The maximum Gasteiger partial charge on any atom is 0.294 e. The minimum absolute atomic E-state index is 0.108. The minimum atomic E-state index is -0.928. The van der Waals surface area contributed by atoms with E-state index in [1.165, 1.54) is 5.56 Å². The number of Topliss-reactive ketones (excluding diaryl/α,β-unsaturated/α-hetero) is 1. The van der Waals surface area contributed by atoms with Gasteiger partial charge in [0.05, 0.1) is 0 Å². The van der Waals surface area contributed by atoms with Crippen molar-refractivity contribution in [2.24, 2.45) is 5.73 Å². The van der Waals surface area contributed by atoms with Crippen LogP contribution in [0.25, 0.3) is 0 Å². The average molecular weight is 395 g/mol. The molecule has 0 unspecified atom stereocenters. The number of amides is 2. The minimum Gasteiger partial charge on any atom is -0.388 e. The van der Waals surface area contributed by atoms with Gasteiger partial charge in [0.25, 0.3) is 11.8 Å². The van der Waals surface area contributed by atoms with Crippen LogP contribution in [0.3, 0.4) is 0 Å². The summed E-state index contributed by atoms with van der Waals surface area (Å²) in [6.07, 6.45) is 1.75. The lowest BCUT2D eigenvalue weighted by atomic mass is 9.88. The van der Waals surface area contributed by atoms with Crippen LogP contribution in [-0.4, -0.2) is 47.3 Å². The predicted molar refractivity (Wildman–Crippen MR) is 109 cm³/mol. The molecule has 0 saturated carbocycles. The summed E-state index contributed by atoms with van der Waals surface area (Å²) < 4.78 is 0. The first-order valence-electron chi connectivity index (χ1n) is 9.65. The molecule has 0 atom stereocenters. The number of benzene rings is 2. The molecule has 1 aliphatic rings. The Kier molecular flexibility index (Phi) is 6.74. The highest BCUT2D eigenvalue weighted by molar-refractivity contribution is 6.41. The number of carbonyl (C=O) groups is 3. The summed E-state index contributed by atoms with van der Waals surface area (Å²) in [6.45, 7) is 0.960. The number of anilines is 1. The highest BCUT2D eigenvalue weighted by Gasteiger charge is 2.25. The average Bonchev–Trinajstić information content (AvgIpc) is 2.78. The molecule has 0 radical (unpaired) electrons. The summed E-state index contributed by atoms with van der Waals surface area (Å²) in [6, 6.07) is 14.8. The van der Waals surface area contributed by atoms with Crippen molar-refractivity contribution in [1.29, 1.82) is 0 Å². The fraction of sp³-hybridized carbons (Fsp3) is 0.318. The van der Waals surface area contributed by atoms with Gasteiger partial charge in [0.1, 0.15) is 6.61 Å². The van der Waals surface area contributed by atoms with Crippen LogP contribution in [0.15, 0.2) is 48.5 Å². The number of nitrogens with zero attached hydrogens (tertiary/aromatic N) is 1. The molecule has 0 aromatic heterocycles. The van der Waals surface area contributed by atoms with E-state index in [9.17, 15) is 14.4 Å². The number of carbonyl (C=O) groups excluding carboxylic acids is 3. The first kappa shape index (κ1) is 20.7. The second-order valence-electron chi connectivity index (χ2n) is 7.13. The number of likely N-dealkylation sites (tertiary alicyclic amines) is 1. The number of hydrogen-bond donors (Lipinski definition) is 3. The van der Waals surface area contributed by atoms with Crippen molar-refractivity contribution in [2.45, 2.75) is 25.3 Å². The van der Waals surface area contributed by atoms with Crippen molar-refractivity contribution in [3.63, 3.8) is 0 Å². The molecule has 7 nitrogen and oxygen atoms in total. The van der Waals surface area contributed by atoms with E-state index in [4.69, 9.17) is 10.8 Å². The Hall–Kier alpha value is -3.03. The lowest BCUT2D eigenvalue weighted by Gasteiger charge is -2.32. The summed E-state index contributed by atoms with van der Waals surface area (Å²) in [5, 5.41) is 11.2. The number of aliphatic hydroxyl groups excluding tert-OH is 1. The summed E-state index contributed by atoms with van der Waals surface area (Å²) in [7, 11) is 0. The van der Waals surface area contributed by atoms with Crippen molar-refractivity contribution < 1.29 is 19.5 Å². The number of ketones is 1. The van der Waals surface area contributed by atoms with Gasteiger partial charge in [0.15, 0.2) is 0 Å². The van der Waals surface area contributed by atoms with Gasteiger partial charge in [-0.1, -0.05) is 30.3 Å². The maximum absolute atomic E-state index is 12.9. The van der Waals surface area contributed by atoms with Crippen LogP contribution in [-0.2, 0) is 16.1 Å². The van der Waals surface area contributed by atoms with E-state index in [0.29, 0.717) is 36.8 Å². The van der Waals surface area contributed by atoms with Crippen molar-refractivity contribution in [2.75, 3.05) is 25.0 Å². The lowest BCUT2D eigenvalue weighted by molar-refractivity contribution is -0.136. The lowest BCUT2D eigenvalue weighted by Crippen LogP contribution is -2.38. The second kappa shape index (κ2) is 9.45. The van der Waals surface area contributed by atoms with Gasteiger partial charge in [-0.05, 0) is 48.1 Å². The summed E-state index contributed by atoms with van der Waals surface area (Å²) in [5.41, 5.74) is 8.89. The molecule has 1 fully saturated rings. The van der Waals surface area contributed by atoms with E-state index in [2.05, 4.69) is 17.4 Å². The number of hydrogen-bond acceptors (Lipinski definition) is 5. The van der Waals surface area contributed by atoms with E-state index in [1.54, 1.807) is 24.3 Å². The third-order valence-corrected chi connectivity index (χ3v) is 5.20. The quantitative estimate of drug-likeness (QED) is 0.644. The largest absolute Gasteiger partial charge is 0.388 e. The molecule has 152 valence electrons. The van der Waals surface area contributed by atoms with Gasteiger partial charge in [-0.3, -0.25) is 14.4 Å². The summed E-state index contributed by atoms with van der Waals surface area (Å²) in [5.74, 6) is -1.54. The predicted octanol–water partition coefficient (Wildman–Crippen LogP) is 1.66. The summed E-state index contributed by atoms with van der Waals surface area (Å²) >= 11 is 0. The molecule has 0 spiro atoms. The van der Waals surface area contributed by atoms with E-state index in [-0.39, 0.29) is 5.91 Å². The van der Waals surface area contributed by atoms with E-state index >= 15 is 0 Å². The zero-order valence-corrected chi connectivity index (χ0v) is 16.1. The number of nitrogens with one attached hydrogen (secondary N) is 1. The smallest absolute Gasteiger partial charge is 0.294 e. The number of nitrogens with two attached hydrogens (primary N) is 1. The van der Waals surface area contributed by atoms with Crippen LogP contribution >= 0.6 is 0 Å². The molecule has 0 bridgehead atoms. The van der Waals surface area contributed by atoms with Crippen LogP contribution in [0, 0.1) is 0 Å². The third kappa shape index (κ3) is 5.07. The normalized spacial score (nSPS) is 14.5. The molecule has 0 aliphatic carbocycles. The Morgan fingerprint density at radius 3 is 2.48 bits per heavy atom. The zero-order valence-electron chi connectivity index (χ0n) is 16.1. The van der Waals surface area contributed by atoms with Crippen LogP contribution in [0.5, 0.6) is 0 Å². The van der Waals surface area contributed by atoms with Gasteiger partial charge in [-0.25, -0.2) is 0 Å². The van der Waals surface area contributed by atoms with Crippen LogP contribution in [0.4, 0.5) is 5.69 Å². The topological polar surface area (TPSA) is 113 Å². The molecule has 29 heavy (non-hydrogen) atoms. The Balaban J connectivity index is 1.62. The molecule has 1 aliphatic heterocycles. The molecule has 7 heteroatoms. The van der Waals surface area contributed by atoms with Crippen molar-refractivity contribution >= 4 is 23.3 Å². The van der Waals surface area contributed by atoms with Crippen molar-refractivity contribution in [1.82, 2.24) is 4.90 Å². The first-order chi connectivity index (χ1) is 14.0. The molecule has 4 N–H and O–H groups in total. The number of piperidine rings is 1. The van der Waals surface area contributed by atoms with Crippen molar-refractivity contribution in [3.05, 3.63) is 65.2 Å². The standard InChI is InChI=1S/C22H25N3O4/c23-13-15-3-1-4-17(11-15)16-7-9-25(10-8-16)22(29)18-5-2-6-19(12-18)24-21(28)20(27)14-26/h1-6,11-12,16,26H,7-10,13-14,23H2,(H,24,28). The monoisotopic (exact) mass is 395 g/mol. The van der Waals surface area contributed by atoms with Gasteiger partial charge >= 0.3 is 0 Å². The van der Waals surface area contributed by atoms with Crippen LogP contribution in [0.2, 0.25) is 0 Å². The molecule has 2 aromatic rings. The molecule has 1 heterocycles. The van der Waals surface area contributed by atoms with Crippen LogP contribution in [0.1, 0.15) is 40.2 Å². The molecular formula is C22H25N3O4. The molecule has 2 aromatic carbocycles. The van der Waals surface area contributed by atoms with E-state index < -0.39 is 18.3 Å². The summed E-state index contributed by atoms with van der Waals surface area (Å²) in [4.78, 5) is 37.5. The highest BCUT2D eigenvalue weighted by Crippen LogP contribution is 2.29. The fourth-order valence-corrected chi connectivity index (χ4v) is 3.58. The van der Waals surface area contributed by atoms with Gasteiger partial charge in [-0.15, -0.1) is 0 Å². The first-order valence-corrected chi connectivity index (χ1v) is 9.65. The third-order valence-electron chi connectivity index (χ3n) is 5.20. The molecular weight excluding hydrogens is 370 g/mol. The molecule has 1 saturated heterocycles. The Morgan fingerprint density at radius 1 is 1.07 bits per heavy atom. The van der Waals surface area contributed by atoms with Crippen molar-refractivity contribution in [3.8, 4) is 0 Å². The number of rotatable bonds is 6. The van der Waals surface area contributed by atoms with Crippen LogP contribution < -0.4 is 11.1 Å². The van der Waals surface area contributed by atoms with Gasteiger partial charge < -0.3 is 21.1 Å². The molecule has 3 rings (SSSR count). The number of aliphatic hydroxyl groups is 1. The second-order valence-corrected chi connectivity index (χ2v) is 7.13. The van der Waals surface area contributed by atoms with E-state index in [1.807, 2.05) is 17.0 Å². The maximum atomic E-state index is 12.9. The zero-order chi connectivity index (χ0) is 20.8. The Labute approximate surface area is 169 Å². The fourth-order valence-electron chi connectivity index (χ4n) is 3.58. The van der Waals surface area contributed by atoms with Gasteiger partial charge in [-0.2, -0.15) is 0 Å². The van der Waals surface area contributed by atoms with E-state index in [0.717, 1.165) is 18.4 Å². The van der Waals surface area contributed by atoms with Gasteiger partial charge in [0, 0.05) is 30.9 Å². The Morgan fingerprint density at radius 2 is 1.79 bits per heavy atom.